The van der Waals surface area contributed by atoms with Gasteiger partial charge in [0.15, 0.2) is 5.82 Å². The molecule has 0 amide bonds. The number of halogens is 2. The molecule has 106 valence electrons. The third kappa shape index (κ3) is 2.86. The van der Waals surface area contributed by atoms with Crippen LogP contribution in [-0.4, -0.2) is 15.0 Å². The normalized spacial score (nSPS) is 10.8. The molecule has 0 radical (unpaired) electrons. The number of anilines is 1. The first-order chi connectivity index (χ1) is 10.1. The first-order valence-corrected chi connectivity index (χ1v) is 7.09. The van der Waals surface area contributed by atoms with Crippen molar-refractivity contribution in [1.29, 1.82) is 0 Å². The van der Waals surface area contributed by atoms with E-state index >= 15 is 0 Å². The van der Waals surface area contributed by atoms with Gasteiger partial charge in [-0.2, -0.15) is 0 Å². The molecule has 0 saturated carbocycles. The van der Waals surface area contributed by atoms with E-state index in [2.05, 4.69) is 10.3 Å². The second-order valence-corrected chi connectivity index (χ2v) is 5.43. The first kappa shape index (κ1) is 13.9. The number of nitrogens with two attached hydrogens (primary N) is 1. The van der Waals surface area contributed by atoms with E-state index in [1.165, 1.54) is 0 Å². The van der Waals surface area contributed by atoms with Gasteiger partial charge in [0.05, 0.1) is 6.54 Å². The summed E-state index contributed by atoms with van der Waals surface area (Å²) in [6.07, 6.45) is 0. The molecular formula is C15H12Cl2N4. The molecule has 1 aromatic heterocycles. The number of nitrogens with zero attached hydrogens (tertiary/aromatic N) is 3. The fourth-order valence-corrected chi connectivity index (χ4v) is 2.52. The van der Waals surface area contributed by atoms with E-state index in [-0.39, 0.29) is 0 Å². The molecule has 0 aliphatic rings. The van der Waals surface area contributed by atoms with E-state index < -0.39 is 0 Å². The van der Waals surface area contributed by atoms with Gasteiger partial charge in [0.25, 0.3) is 0 Å². The van der Waals surface area contributed by atoms with Gasteiger partial charge in [-0.1, -0.05) is 64.8 Å². The molecule has 2 N–H and O–H groups in total. The summed E-state index contributed by atoms with van der Waals surface area (Å²) in [5, 5.41) is 9.43. The Hall–Kier alpha value is -2.04. The van der Waals surface area contributed by atoms with E-state index in [0.717, 1.165) is 11.1 Å². The van der Waals surface area contributed by atoms with Crippen LogP contribution in [0.4, 0.5) is 5.82 Å². The Bertz CT molecular complexity index is 769. The minimum absolute atomic E-state index is 0.446. The van der Waals surface area contributed by atoms with Crippen molar-refractivity contribution in [3.05, 3.63) is 64.1 Å². The van der Waals surface area contributed by atoms with Gasteiger partial charge in [-0.05, 0) is 17.7 Å². The Kier molecular flexibility index (Phi) is 3.82. The van der Waals surface area contributed by atoms with Crippen molar-refractivity contribution in [2.75, 3.05) is 5.73 Å². The maximum atomic E-state index is 6.17. The van der Waals surface area contributed by atoms with Crippen LogP contribution in [0.25, 0.3) is 11.3 Å². The minimum Gasteiger partial charge on any atom is -0.382 e. The van der Waals surface area contributed by atoms with Crippen molar-refractivity contribution < 1.29 is 0 Å². The maximum absolute atomic E-state index is 6.17. The lowest BCUT2D eigenvalue weighted by atomic mass is 10.1. The standard InChI is InChI=1S/C15H12Cl2N4/c16-12-7-6-11(13(17)8-12)9-21-15(18)14(19-20-21)10-4-2-1-3-5-10/h1-8H,9,18H2. The van der Waals surface area contributed by atoms with Gasteiger partial charge < -0.3 is 5.73 Å². The third-order valence-electron chi connectivity index (χ3n) is 3.16. The minimum atomic E-state index is 0.446. The number of nitrogen functional groups attached to an aromatic ring is 1. The van der Waals surface area contributed by atoms with Gasteiger partial charge >= 0.3 is 0 Å². The Morgan fingerprint density at radius 1 is 1.05 bits per heavy atom. The summed E-state index contributed by atoms with van der Waals surface area (Å²) in [6, 6.07) is 15.0. The molecule has 21 heavy (non-hydrogen) atoms. The Morgan fingerprint density at radius 2 is 1.81 bits per heavy atom. The fraction of sp³-hybridized carbons (Fsp3) is 0.0667. The second kappa shape index (κ2) is 5.76. The molecule has 1 heterocycles. The Morgan fingerprint density at radius 3 is 2.52 bits per heavy atom. The topological polar surface area (TPSA) is 56.7 Å². The lowest BCUT2D eigenvalue weighted by Gasteiger charge is -2.06. The maximum Gasteiger partial charge on any atom is 0.150 e. The molecule has 3 aromatic rings. The highest BCUT2D eigenvalue weighted by molar-refractivity contribution is 6.35. The lowest BCUT2D eigenvalue weighted by molar-refractivity contribution is 0.658. The highest BCUT2D eigenvalue weighted by Gasteiger charge is 2.12. The van der Waals surface area contributed by atoms with Crippen LogP contribution in [0.2, 0.25) is 10.0 Å². The van der Waals surface area contributed by atoms with Crippen LogP contribution < -0.4 is 5.73 Å². The zero-order chi connectivity index (χ0) is 14.8. The zero-order valence-corrected chi connectivity index (χ0v) is 12.5. The second-order valence-electron chi connectivity index (χ2n) is 4.58. The van der Waals surface area contributed by atoms with Crippen molar-refractivity contribution in [3.8, 4) is 11.3 Å². The highest BCUT2D eigenvalue weighted by Crippen LogP contribution is 2.25. The Balaban J connectivity index is 1.93. The molecule has 0 saturated heterocycles. The Labute approximate surface area is 132 Å². The van der Waals surface area contributed by atoms with Gasteiger partial charge in [-0.15, -0.1) is 5.10 Å². The summed E-state index contributed by atoms with van der Waals surface area (Å²) in [5.74, 6) is 0.507. The van der Waals surface area contributed by atoms with Crippen LogP contribution in [0.15, 0.2) is 48.5 Å². The average Bonchev–Trinajstić information content (AvgIpc) is 2.84. The van der Waals surface area contributed by atoms with Crippen LogP contribution in [0, 0.1) is 0 Å². The van der Waals surface area contributed by atoms with Gasteiger partial charge in [0, 0.05) is 15.6 Å². The predicted molar refractivity (Wildman–Crippen MR) is 85.4 cm³/mol. The van der Waals surface area contributed by atoms with Crippen molar-refractivity contribution in [2.45, 2.75) is 6.54 Å². The van der Waals surface area contributed by atoms with Gasteiger partial charge in [0.2, 0.25) is 0 Å². The molecular weight excluding hydrogens is 307 g/mol. The monoisotopic (exact) mass is 318 g/mol. The molecule has 2 aromatic carbocycles. The van der Waals surface area contributed by atoms with Crippen LogP contribution in [0.1, 0.15) is 5.56 Å². The number of rotatable bonds is 3. The summed E-state index contributed by atoms with van der Waals surface area (Å²) in [5.41, 5.74) is 8.62. The zero-order valence-electron chi connectivity index (χ0n) is 11.0. The van der Waals surface area contributed by atoms with Crippen molar-refractivity contribution >= 4 is 29.0 Å². The fourth-order valence-electron chi connectivity index (χ4n) is 2.05. The number of hydrogen-bond acceptors (Lipinski definition) is 3. The summed E-state index contributed by atoms with van der Waals surface area (Å²) in [6.45, 7) is 0.446. The number of hydrogen-bond donors (Lipinski definition) is 1. The van der Waals surface area contributed by atoms with Gasteiger partial charge in [-0.3, -0.25) is 0 Å². The SMILES string of the molecule is Nc1c(-c2ccccc2)nnn1Cc1ccc(Cl)cc1Cl. The summed E-state index contributed by atoms with van der Waals surface area (Å²) >= 11 is 12.1. The van der Waals surface area contributed by atoms with Crippen molar-refractivity contribution in [2.24, 2.45) is 0 Å². The van der Waals surface area contributed by atoms with Crippen LogP contribution in [0.5, 0.6) is 0 Å². The number of aromatic nitrogens is 3. The van der Waals surface area contributed by atoms with E-state index in [0.29, 0.717) is 28.1 Å². The molecule has 4 nitrogen and oxygen atoms in total. The van der Waals surface area contributed by atoms with Crippen LogP contribution in [-0.2, 0) is 6.54 Å². The molecule has 0 bridgehead atoms. The lowest BCUT2D eigenvalue weighted by Crippen LogP contribution is -2.06. The average molecular weight is 319 g/mol. The molecule has 0 unspecified atom stereocenters. The quantitative estimate of drug-likeness (QED) is 0.797. The summed E-state index contributed by atoms with van der Waals surface area (Å²) < 4.78 is 1.62. The van der Waals surface area contributed by atoms with Gasteiger partial charge in [0.1, 0.15) is 5.69 Å². The van der Waals surface area contributed by atoms with E-state index in [4.69, 9.17) is 28.9 Å². The first-order valence-electron chi connectivity index (χ1n) is 6.33. The molecule has 0 aliphatic heterocycles. The van der Waals surface area contributed by atoms with E-state index in [1.807, 2.05) is 36.4 Å². The summed E-state index contributed by atoms with van der Waals surface area (Å²) in [4.78, 5) is 0. The van der Waals surface area contributed by atoms with Crippen molar-refractivity contribution in [3.63, 3.8) is 0 Å². The van der Waals surface area contributed by atoms with Crippen LogP contribution >= 0.6 is 23.2 Å². The molecule has 3 rings (SSSR count). The molecule has 0 spiro atoms. The van der Waals surface area contributed by atoms with Crippen molar-refractivity contribution in [1.82, 2.24) is 15.0 Å². The number of benzene rings is 2. The van der Waals surface area contributed by atoms with Gasteiger partial charge in [-0.25, -0.2) is 4.68 Å². The molecule has 0 atom stereocenters. The largest absolute Gasteiger partial charge is 0.382 e. The highest BCUT2D eigenvalue weighted by atomic mass is 35.5. The molecule has 6 heteroatoms. The third-order valence-corrected chi connectivity index (χ3v) is 3.74. The smallest absolute Gasteiger partial charge is 0.150 e. The van der Waals surface area contributed by atoms with E-state index in [1.54, 1.807) is 16.8 Å². The summed E-state index contributed by atoms with van der Waals surface area (Å²) in [7, 11) is 0. The molecule has 0 aliphatic carbocycles. The molecule has 0 fully saturated rings. The predicted octanol–water partition coefficient (Wildman–Crippen LogP) is 3.88. The van der Waals surface area contributed by atoms with E-state index in [9.17, 15) is 0 Å². The van der Waals surface area contributed by atoms with Crippen LogP contribution in [0.3, 0.4) is 0 Å².